The number of piperidine rings is 1. The molecular formula is C23H32N4O. The predicted octanol–water partition coefficient (Wildman–Crippen LogP) is 3.84. The van der Waals surface area contributed by atoms with Gasteiger partial charge in [0, 0.05) is 32.4 Å². The number of pyridine rings is 1. The number of amides is 1. The molecule has 1 aliphatic rings. The molecule has 0 bridgehead atoms. The molecular weight excluding hydrogens is 348 g/mol. The summed E-state index contributed by atoms with van der Waals surface area (Å²) >= 11 is 0. The molecule has 5 nitrogen and oxygen atoms in total. The molecule has 150 valence electrons. The maximum Gasteiger partial charge on any atom is 0.253 e. The number of benzene rings is 1. The molecule has 0 aliphatic carbocycles. The minimum Gasteiger partial charge on any atom is -0.357 e. The van der Waals surface area contributed by atoms with E-state index in [0.717, 1.165) is 31.0 Å². The molecule has 0 radical (unpaired) electrons. The van der Waals surface area contributed by atoms with Crippen molar-refractivity contribution in [3.63, 3.8) is 0 Å². The second-order valence-corrected chi connectivity index (χ2v) is 7.41. The fourth-order valence-electron chi connectivity index (χ4n) is 3.68. The van der Waals surface area contributed by atoms with Crippen molar-refractivity contribution in [2.45, 2.75) is 46.2 Å². The highest BCUT2D eigenvalue weighted by molar-refractivity contribution is 5.94. The van der Waals surface area contributed by atoms with Gasteiger partial charge in [0.1, 0.15) is 5.82 Å². The van der Waals surface area contributed by atoms with Crippen molar-refractivity contribution >= 4 is 11.7 Å². The fourth-order valence-corrected chi connectivity index (χ4v) is 3.68. The van der Waals surface area contributed by atoms with Crippen molar-refractivity contribution in [3.8, 4) is 0 Å². The molecule has 1 fully saturated rings. The van der Waals surface area contributed by atoms with Crippen LogP contribution in [0.2, 0.25) is 0 Å². The Labute approximate surface area is 168 Å². The van der Waals surface area contributed by atoms with E-state index in [2.05, 4.69) is 58.2 Å². The Morgan fingerprint density at radius 3 is 2.29 bits per heavy atom. The summed E-state index contributed by atoms with van der Waals surface area (Å²) in [6.45, 7) is 9.98. The van der Waals surface area contributed by atoms with E-state index in [1.807, 2.05) is 12.1 Å². The zero-order valence-electron chi connectivity index (χ0n) is 17.2. The topological polar surface area (TPSA) is 48.5 Å². The van der Waals surface area contributed by atoms with E-state index < -0.39 is 0 Å². The first-order chi connectivity index (χ1) is 13.7. The van der Waals surface area contributed by atoms with Gasteiger partial charge in [-0.2, -0.15) is 0 Å². The largest absolute Gasteiger partial charge is 0.357 e. The lowest BCUT2D eigenvalue weighted by Gasteiger charge is -2.26. The third-order valence-corrected chi connectivity index (χ3v) is 5.43. The van der Waals surface area contributed by atoms with Crippen LogP contribution in [0.25, 0.3) is 0 Å². The van der Waals surface area contributed by atoms with Crippen LogP contribution in [0.3, 0.4) is 0 Å². The lowest BCUT2D eigenvalue weighted by atomic mass is 10.1. The number of carbonyl (C=O) groups is 1. The monoisotopic (exact) mass is 380 g/mol. The summed E-state index contributed by atoms with van der Waals surface area (Å²) in [5.41, 5.74) is 3.05. The standard InChI is InChI=1S/C23H32N4O/c1-3-27(4-2)22-13-12-21(17-24-22)23(28)25-16-19-8-10-20(11-9-19)18-26-14-6-5-7-15-26/h8-13,17H,3-7,14-16,18H2,1-2H3,(H,25,28). The first-order valence-corrected chi connectivity index (χ1v) is 10.5. The maximum atomic E-state index is 12.4. The number of hydrogen-bond acceptors (Lipinski definition) is 4. The minimum absolute atomic E-state index is 0.0870. The van der Waals surface area contributed by atoms with Gasteiger partial charge in [0.2, 0.25) is 0 Å². The Morgan fingerprint density at radius 2 is 1.68 bits per heavy atom. The van der Waals surface area contributed by atoms with E-state index in [1.54, 1.807) is 6.20 Å². The lowest BCUT2D eigenvalue weighted by molar-refractivity contribution is 0.0950. The number of likely N-dealkylation sites (tertiary alicyclic amines) is 1. The quantitative estimate of drug-likeness (QED) is 0.756. The highest BCUT2D eigenvalue weighted by Gasteiger charge is 2.11. The van der Waals surface area contributed by atoms with Crippen molar-refractivity contribution in [1.82, 2.24) is 15.2 Å². The summed E-state index contributed by atoms with van der Waals surface area (Å²) in [6.07, 6.45) is 5.65. The van der Waals surface area contributed by atoms with Gasteiger partial charge in [-0.05, 0) is 63.0 Å². The molecule has 3 rings (SSSR count). The molecule has 1 saturated heterocycles. The van der Waals surface area contributed by atoms with Crippen molar-refractivity contribution in [3.05, 3.63) is 59.3 Å². The number of hydrogen-bond donors (Lipinski definition) is 1. The van der Waals surface area contributed by atoms with Gasteiger partial charge in [-0.15, -0.1) is 0 Å². The van der Waals surface area contributed by atoms with E-state index in [0.29, 0.717) is 12.1 Å². The average molecular weight is 381 g/mol. The molecule has 1 N–H and O–H groups in total. The highest BCUT2D eigenvalue weighted by Crippen LogP contribution is 2.14. The molecule has 0 unspecified atom stereocenters. The van der Waals surface area contributed by atoms with Crippen LogP contribution in [0.1, 0.15) is 54.6 Å². The number of anilines is 1. The van der Waals surface area contributed by atoms with Crippen LogP contribution < -0.4 is 10.2 Å². The van der Waals surface area contributed by atoms with Crippen LogP contribution in [0.5, 0.6) is 0 Å². The van der Waals surface area contributed by atoms with Crippen LogP contribution in [0.4, 0.5) is 5.82 Å². The van der Waals surface area contributed by atoms with Crippen LogP contribution in [0, 0.1) is 0 Å². The predicted molar refractivity (Wildman–Crippen MR) is 115 cm³/mol. The summed E-state index contributed by atoms with van der Waals surface area (Å²) in [7, 11) is 0. The number of carbonyl (C=O) groups excluding carboxylic acids is 1. The third-order valence-electron chi connectivity index (χ3n) is 5.43. The molecule has 1 aromatic heterocycles. The van der Waals surface area contributed by atoms with Crippen molar-refractivity contribution < 1.29 is 4.79 Å². The highest BCUT2D eigenvalue weighted by atomic mass is 16.1. The number of nitrogens with zero attached hydrogens (tertiary/aromatic N) is 3. The molecule has 1 aromatic carbocycles. The van der Waals surface area contributed by atoms with E-state index >= 15 is 0 Å². The molecule has 2 aromatic rings. The normalized spacial score (nSPS) is 14.6. The second-order valence-electron chi connectivity index (χ2n) is 7.41. The van der Waals surface area contributed by atoms with E-state index in [4.69, 9.17) is 0 Å². The lowest BCUT2D eigenvalue weighted by Crippen LogP contribution is -2.29. The van der Waals surface area contributed by atoms with Gasteiger partial charge in [0.05, 0.1) is 5.56 Å². The third kappa shape index (κ3) is 5.55. The molecule has 1 amide bonds. The number of nitrogens with one attached hydrogen (secondary N) is 1. The second kappa shape index (κ2) is 10.2. The Balaban J connectivity index is 1.50. The van der Waals surface area contributed by atoms with Gasteiger partial charge in [-0.1, -0.05) is 30.7 Å². The van der Waals surface area contributed by atoms with Crippen LogP contribution in [0.15, 0.2) is 42.6 Å². The van der Waals surface area contributed by atoms with E-state index in [1.165, 1.54) is 37.9 Å². The summed E-state index contributed by atoms with van der Waals surface area (Å²) in [6, 6.07) is 12.3. The van der Waals surface area contributed by atoms with Crippen LogP contribution >= 0.6 is 0 Å². The number of aromatic nitrogens is 1. The Bertz CT molecular complexity index is 732. The van der Waals surface area contributed by atoms with Crippen molar-refractivity contribution in [2.24, 2.45) is 0 Å². The molecule has 5 heteroatoms. The summed E-state index contributed by atoms with van der Waals surface area (Å²) in [5.74, 6) is 0.821. The molecule has 28 heavy (non-hydrogen) atoms. The van der Waals surface area contributed by atoms with Gasteiger partial charge < -0.3 is 10.2 Å². The smallest absolute Gasteiger partial charge is 0.253 e. The van der Waals surface area contributed by atoms with Gasteiger partial charge in [0.25, 0.3) is 5.91 Å². The zero-order chi connectivity index (χ0) is 19.8. The first kappa shape index (κ1) is 20.3. The van der Waals surface area contributed by atoms with Gasteiger partial charge in [-0.25, -0.2) is 4.98 Å². The Kier molecular flexibility index (Phi) is 7.43. The Morgan fingerprint density at radius 1 is 1.00 bits per heavy atom. The minimum atomic E-state index is -0.0870. The Hall–Kier alpha value is -2.40. The summed E-state index contributed by atoms with van der Waals surface area (Å²) in [4.78, 5) is 21.5. The van der Waals surface area contributed by atoms with Crippen LogP contribution in [-0.2, 0) is 13.1 Å². The molecule has 2 heterocycles. The fraction of sp³-hybridized carbons (Fsp3) is 0.478. The van der Waals surface area contributed by atoms with Gasteiger partial charge >= 0.3 is 0 Å². The summed E-state index contributed by atoms with van der Waals surface area (Å²) in [5, 5.41) is 2.99. The molecule has 0 saturated carbocycles. The maximum absolute atomic E-state index is 12.4. The average Bonchev–Trinajstić information content (AvgIpc) is 2.75. The summed E-state index contributed by atoms with van der Waals surface area (Å²) < 4.78 is 0. The molecule has 0 atom stereocenters. The van der Waals surface area contributed by atoms with E-state index in [9.17, 15) is 4.79 Å². The van der Waals surface area contributed by atoms with Crippen LogP contribution in [-0.4, -0.2) is 42.0 Å². The molecule has 1 aliphatic heterocycles. The zero-order valence-corrected chi connectivity index (χ0v) is 17.2. The van der Waals surface area contributed by atoms with Crippen molar-refractivity contribution in [1.29, 1.82) is 0 Å². The number of rotatable bonds is 8. The van der Waals surface area contributed by atoms with Gasteiger partial charge in [-0.3, -0.25) is 9.69 Å². The van der Waals surface area contributed by atoms with E-state index in [-0.39, 0.29) is 5.91 Å². The van der Waals surface area contributed by atoms with Crippen molar-refractivity contribution in [2.75, 3.05) is 31.1 Å². The SMILES string of the molecule is CCN(CC)c1ccc(C(=O)NCc2ccc(CN3CCCCC3)cc2)cn1. The molecule has 0 spiro atoms. The van der Waals surface area contributed by atoms with Gasteiger partial charge in [0.15, 0.2) is 0 Å². The first-order valence-electron chi connectivity index (χ1n) is 10.5.